The van der Waals surface area contributed by atoms with E-state index < -0.39 is 0 Å². The molecule has 0 amide bonds. The zero-order valence-electron chi connectivity index (χ0n) is 27.0. The van der Waals surface area contributed by atoms with Crippen molar-refractivity contribution in [3.63, 3.8) is 0 Å². The first kappa shape index (κ1) is 48.3. The molecule has 0 bridgehead atoms. The molecule has 4 nitrogen and oxygen atoms in total. The summed E-state index contributed by atoms with van der Waals surface area (Å²) in [4.78, 5) is 15.6. The predicted molar refractivity (Wildman–Crippen MR) is 174 cm³/mol. The van der Waals surface area contributed by atoms with Crippen LogP contribution >= 0.6 is 0 Å². The van der Waals surface area contributed by atoms with Gasteiger partial charge in [0.05, 0.1) is 16.7 Å². The second kappa shape index (κ2) is 25.3. The number of fused-ring (bicyclic) bond motifs is 2. The molecule has 2 N–H and O–H groups in total. The first-order chi connectivity index (χ1) is 16.7. The fourth-order valence-electron chi connectivity index (χ4n) is 3.67. The summed E-state index contributed by atoms with van der Waals surface area (Å²) in [6, 6.07) is 19.4. The Balaban J connectivity index is -0.000000320. The van der Waals surface area contributed by atoms with E-state index >= 15 is 0 Å². The van der Waals surface area contributed by atoms with Crippen LogP contribution in [0.1, 0.15) is 67.0 Å². The van der Waals surface area contributed by atoms with Crippen molar-refractivity contribution in [1.82, 2.24) is 19.9 Å². The monoisotopic (exact) mass is 692 g/mol. The number of rotatable bonds is 4. The second-order valence-electron chi connectivity index (χ2n) is 6.85. The molecule has 0 saturated heterocycles. The van der Waals surface area contributed by atoms with E-state index in [1.165, 1.54) is 21.9 Å². The molecule has 2 heterocycles. The normalized spacial score (nSPS) is 8.30. The van der Waals surface area contributed by atoms with Gasteiger partial charge in [-0.05, 0) is 51.7 Å². The van der Waals surface area contributed by atoms with Crippen LogP contribution in [0, 0.1) is 42.5 Å². The molecule has 0 radical (unpaired) electrons. The summed E-state index contributed by atoms with van der Waals surface area (Å²) in [6.45, 7) is 16.0. The van der Waals surface area contributed by atoms with Gasteiger partial charge in [0, 0.05) is 11.8 Å². The number of aromatic nitrogens is 4. The summed E-state index contributed by atoms with van der Waals surface area (Å²) in [6.07, 6.45) is 5.83. The Morgan fingerprint density at radius 2 is 1.25 bits per heavy atom. The van der Waals surface area contributed by atoms with E-state index in [-0.39, 0.29) is 95.1 Å². The SMILES string of the molecule is CC.CC.CC.C[CH-]c1ncc(-c2ccc3c(-c4ccc5nc([CH-]C)[nH]c5c4)cccc3c2)[nH]1.[CH3-].[CH3-].[CH3-].[CH3-].[Y+3].[Y+3]. The van der Waals surface area contributed by atoms with E-state index in [2.05, 4.69) is 74.5 Å². The predicted octanol–water partition coefficient (Wildman–Crippen LogP) is 10.8. The minimum absolute atomic E-state index is 0. The van der Waals surface area contributed by atoms with Crippen molar-refractivity contribution in [2.75, 3.05) is 0 Å². The second-order valence-corrected chi connectivity index (χ2v) is 6.85. The third kappa shape index (κ3) is 11.4. The molecule has 0 unspecified atom stereocenters. The van der Waals surface area contributed by atoms with E-state index in [1.54, 1.807) is 0 Å². The third-order valence-electron chi connectivity index (χ3n) is 5.14. The van der Waals surface area contributed by atoms with Crippen molar-refractivity contribution >= 4 is 21.8 Å². The summed E-state index contributed by atoms with van der Waals surface area (Å²) in [5.74, 6) is 1.79. The van der Waals surface area contributed by atoms with Crippen LogP contribution in [-0.2, 0) is 65.4 Å². The standard InChI is InChI=1S/C24H20N4.3C2H6.4CH3.2Y/c1-3-23-25-14-22(28-23)17-8-10-19-15(12-17)6-5-7-18(19)16-9-11-20-21(13-16)27-24(4-2)26-20;3*1-2;;;;;;/h3-14H,1-2H3,(H,25,28)(H,26,27);3*1-2H3;4*1H3;;/q-2;;;;4*-1;2*+3. The van der Waals surface area contributed by atoms with Gasteiger partial charge in [0.1, 0.15) is 0 Å². The van der Waals surface area contributed by atoms with Crippen LogP contribution in [-0.4, -0.2) is 19.9 Å². The quantitative estimate of drug-likeness (QED) is 0.184. The average Bonchev–Trinajstić information content (AvgIpc) is 3.58. The van der Waals surface area contributed by atoms with Gasteiger partial charge >= 0.3 is 65.4 Å². The Morgan fingerprint density at radius 1 is 0.650 bits per heavy atom. The first-order valence-corrected chi connectivity index (χ1v) is 12.4. The topological polar surface area (TPSA) is 57.4 Å². The summed E-state index contributed by atoms with van der Waals surface area (Å²) in [5, 5.41) is 2.44. The number of H-pyrrole nitrogens is 2. The van der Waals surface area contributed by atoms with Crippen molar-refractivity contribution in [1.29, 1.82) is 0 Å². The molecule has 5 aromatic rings. The Labute approximate surface area is 297 Å². The Bertz CT molecular complexity index is 1310. The van der Waals surface area contributed by atoms with Gasteiger partial charge < -0.3 is 52.5 Å². The number of nitrogens with zero attached hydrogens (tertiary/aromatic N) is 2. The minimum Gasteiger partial charge on any atom is -0.368 e. The average molecular weight is 693 g/mol. The molecular weight excluding hydrogens is 642 g/mol. The largest absolute Gasteiger partial charge is 3.00 e. The van der Waals surface area contributed by atoms with Gasteiger partial charge in [-0.25, -0.2) is 0 Å². The van der Waals surface area contributed by atoms with Crippen LogP contribution in [0.5, 0.6) is 0 Å². The van der Waals surface area contributed by atoms with Crippen LogP contribution in [0.15, 0.2) is 60.8 Å². The Kier molecular flexibility index (Phi) is 30.5. The van der Waals surface area contributed by atoms with Crippen LogP contribution in [0.25, 0.3) is 44.2 Å². The molecule has 0 spiro atoms. The maximum Gasteiger partial charge on any atom is 3.00 e. The number of nitrogens with one attached hydrogen (secondary N) is 2. The molecule has 212 valence electrons. The van der Waals surface area contributed by atoms with E-state index in [4.69, 9.17) is 0 Å². The molecule has 3 aromatic carbocycles. The van der Waals surface area contributed by atoms with Gasteiger partial charge in [-0.3, -0.25) is 9.97 Å². The molecule has 5 rings (SSSR count). The number of hydrogen-bond donors (Lipinski definition) is 2. The van der Waals surface area contributed by atoms with E-state index in [0.717, 1.165) is 33.9 Å². The zero-order chi connectivity index (χ0) is 25.1. The van der Waals surface area contributed by atoms with Crippen molar-refractivity contribution in [3.8, 4) is 22.4 Å². The zero-order valence-corrected chi connectivity index (χ0v) is 32.7. The minimum atomic E-state index is 0. The van der Waals surface area contributed by atoms with E-state index in [0.29, 0.717) is 0 Å². The number of aromatic amines is 2. The van der Waals surface area contributed by atoms with Crippen LogP contribution in [0.2, 0.25) is 0 Å². The summed E-state index contributed by atoms with van der Waals surface area (Å²) in [5.41, 5.74) is 6.61. The van der Waals surface area contributed by atoms with Crippen molar-refractivity contribution in [2.24, 2.45) is 0 Å². The van der Waals surface area contributed by atoms with Gasteiger partial charge in [-0.1, -0.05) is 77.9 Å². The van der Waals surface area contributed by atoms with Crippen molar-refractivity contribution in [3.05, 3.63) is 115 Å². The van der Waals surface area contributed by atoms with Crippen LogP contribution < -0.4 is 0 Å². The molecular formula is C34H50N4Y2. The molecule has 0 fully saturated rings. The smallest absolute Gasteiger partial charge is 0.368 e. The first-order valence-electron chi connectivity index (χ1n) is 12.4. The van der Waals surface area contributed by atoms with E-state index in [1.807, 2.05) is 74.4 Å². The summed E-state index contributed by atoms with van der Waals surface area (Å²) in [7, 11) is 0. The third-order valence-corrected chi connectivity index (χ3v) is 5.14. The van der Waals surface area contributed by atoms with Crippen LogP contribution in [0.3, 0.4) is 0 Å². The molecule has 0 aliphatic carbocycles. The van der Waals surface area contributed by atoms with Gasteiger partial charge in [-0.2, -0.15) is 13.8 Å². The summed E-state index contributed by atoms with van der Waals surface area (Å²) >= 11 is 0. The van der Waals surface area contributed by atoms with Crippen molar-refractivity contribution in [2.45, 2.75) is 55.4 Å². The Morgan fingerprint density at radius 3 is 1.82 bits per heavy atom. The van der Waals surface area contributed by atoms with Gasteiger partial charge in [0.2, 0.25) is 0 Å². The molecule has 40 heavy (non-hydrogen) atoms. The summed E-state index contributed by atoms with van der Waals surface area (Å²) < 4.78 is 0. The molecule has 0 aliphatic rings. The van der Waals surface area contributed by atoms with Gasteiger partial charge in [-0.15, -0.1) is 0 Å². The molecule has 0 saturated carbocycles. The number of benzene rings is 3. The molecule has 6 heteroatoms. The molecule has 0 aliphatic heterocycles. The number of imidazole rings is 2. The van der Waals surface area contributed by atoms with Gasteiger partial charge in [0.25, 0.3) is 0 Å². The van der Waals surface area contributed by atoms with Crippen LogP contribution in [0.4, 0.5) is 0 Å². The number of hydrogen-bond acceptors (Lipinski definition) is 2. The fraction of sp³-hybridized carbons (Fsp3) is 0.235. The molecule has 2 aromatic heterocycles. The van der Waals surface area contributed by atoms with Gasteiger partial charge in [0.15, 0.2) is 0 Å². The maximum absolute atomic E-state index is 4.56. The fourth-order valence-corrected chi connectivity index (χ4v) is 3.67. The Hall–Kier alpha value is -1.45. The van der Waals surface area contributed by atoms with E-state index in [9.17, 15) is 0 Å². The van der Waals surface area contributed by atoms with Crippen molar-refractivity contribution < 1.29 is 65.4 Å². The molecule has 0 atom stereocenters. The maximum atomic E-state index is 4.56.